The van der Waals surface area contributed by atoms with Gasteiger partial charge in [-0.05, 0) is 55.8 Å². The van der Waals surface area contributed by atoms with Crippen molar-refractivity contribution >= 4 is 16.7 Å². The summed E-state index contributed by atoms with van der Waals surface area (Å²) >= 11 is 0. The molecule has 2 aliphatic rings. The minimum Gasteiger partial charge on any atom is -0.460 e. The number of anilines is 1. The first-order valence-electron chi connectivity index (χ1n) is 10.7. The average Bonchev–Trinajstić information content (AvgIpc) is 3.17. The molecule has 1 atom stereocenters. The Kier molecular flexibility index (Phi) is 5.25. The van der Waals surface area contributed by atoms with Crippen LogP contribution in [0.3, 0.4) is 0 Å². The Balaban J connectivity index is 1.17. The highest BCUT2D eigenvalue weighted by Crippen LogP contribution is 2.24. The number of piperazine rings is 1. The van der Waals surface area contributed by atoms with E-state index in [0.717, 1.165) is 62.8 Å². The maximum absolute atomic E-state index is 13.2. The number of para-hydroxylation sites is 1. The largest absolute Gasteiger partial charge is 0.460 e. The molecule has 2 fully saturated rings. The second-order valence-corrected chi connectivity index (χ2v) is 8.28. The molecule has 0 unspecified atom stereocenters. The lowest BCUT2D eigenvalue weighted by molar-refractivity contribution is 0.0852. The van der Waals surface area contributed by atoms with Crippen molar-refractivity contribution in [1.82, 2.24) is 9.80 Å². The number of benzene rings is 2. The molecule has 0 radical (unpaired) electrons. The van der Waals surface area contributed by atoms with Crippen LogP contribution < -0.4 is 4.90 Å². The molecule has 3 heterocycles. The Morgan fingerprint density at radius 1 is 0.931 bits per heavy atom. The molecule has 4 nitrogen and oxygen atoms in total. The van der Waals surface area contributed by atoms with Crippen molar-refractivity contribution < 1.29 is 8.81 Å². The van der Waals surface area contributed by atoms with E-state index >= 15 is 0 Å². The third-order valence-electron chi connectivity index (χ3n) is 6.36. The molecule has 0 aliphatic carbocycles. The van der Waals surface area contributed by atoms with Crippen LogP contribution in [0.25, 0.3) is 11.0 Å². The molecule has 5 heteroatoms. The normalized spacial score (nSPS) is 21.7. The number of fused-ring (bicyclic) bond motifs is 1. The topological polar surface area (TPSA) is 22.9 Å². The van der Waals surface area contributed by atoms with Crippen LogP contribution in [0.4, 0.5) is 10.1 Å². The number of rotatable bonds is 4. The van der Waals surface area contributed by atoms with Crippen molar-refractivity contribution in [3.05, 3.63) is 66.2 Å². The summed E-state index contributed by atoms with van der Waals surface area (Å²) in [6.45, 7) is 7.29. The summed E-state index contributed by atoms with van der Waals surface area (Å²) < 4.78 is 19.2. The van der Waals surface area contributed by atoms with Gasteiger partial charge in [-0.25, -0.2) is 4.39 Å². The second kappa shape index (κ2) is 8.17. The molecule has 0 spiro atoms. The minimum atomic E-state index is -0.167. The van der Waals surface area contributed by atoms with Gasteiger partial charge in [0.25, 0.3) is 0 Å². The lowest BCUT2D eigenvalue weighted by Gasteiger charge is -2.43. The zero-order valence-electron chi connectivity index (χ0n) is 16.8. The van der Waals surface area contributed by atoms with Gasteiger partial charge in [-0.2, -0.15) is 0 Å². The molecule has 29 heavy (non-hydrogen) atoms. The van der Waals surface area contributed by atoms with Crippen LogP contribution in [-0.2, 0) is 6.54 Å². The fourth-order valence-corrected chi connectivity index (χ4v) is 4.81. The summed E-state index contributed by atoms with van der Waals surface area (Å²) in [7, 11) is 0. The molecule has 0 N–H and O–H groups in total. The molecule has 152 valence electrons. The van der Waals surface area contributed by atoms with Gasteiger partial charge in [0.1, 0.15) is 17.2 Å². The number of hydrogen-bond acceptors (Lipinski definition) is 4. The standard InChI is InChI=1S/C24H28FN3O/c25-20-7-9-21(10-8-20)27-12-14-28(15-13-27)22-5-3-11-26(17-22)18-23-16-19-4-1-2-6-24(19)29-23/h1-2,4,6-10,16,22H,3,5,11-15,17-18H2/t22-/m1/s1. The van der Waals surface area contributed by atoms with Crippen LogP contribution in [0.2, 0.25) is 0 Å². The van der Waals surface area contributed by atoms with Crippen LogP contribution in [0.5, 0.6) is 0 Å². The van der Waals surface area contributed by atoms with E-state index in [4.69, 9.17) is 4.42 Å². The van der Waals surface area contributed by atoms with Crippen molar-refractivity contribution in [1.29, 1.82) is 0 Å². The van der Waals surface area contributed by atoms with Crippen molar-refractivity contribution in [3.8, 4) is 0 Å². The number of nitrogens with zero attached hydrogens (tertiary/aromatic N) is 3. The first-order chi connectivity index (χ1) is 14.2. The SMILES string of the molecule is Fc1ccc(N2CCN([C@@H]3CCCN(Cc4cc5ccccc5o4)C3)CC2)cc1. The zero-order chi connectivity index (χ0) is 19.6. The molecular weight excluding hydrogens is 365 g/mol. The van der Waals surface area contributed by atoms with Gasteiger partial charge in [-0.3, -0.25) is 9.80 Å². The summed E-state index contributed by atoms with van der Waals surface area (Å²) in [6, 6.07) is 17.9. The smallest absolute Gasteiger partial charge is 0.134 e. The van der Waals surface area contributed by atoms with Crippen LogP contribution in [0.15, 0.2) is 59.0 Å². The fraction of sp³-hybridized carbons (Fsp3) is 0.417. The number of piperidine rings is 1. The number of furan rings is 1. The maximum Gasteiger partial charge on any atom is 0.134 e. The Hall–Kier alpha value is -2.37. The summed E-state index contributed by atoms with van der Waals surface area (Å²) in [4.78, 5) is 7.55. The Labute approximate surface area is 171 Å². The van der Waals surface area contributed by atoms with Crippen LogP contribution in [0, 0.1) is 5.82 Å². The van der Waals surface area contributed by atoms with Crippen molar-refractivity contribution in [2.75, 3.05) is 44.2 Å². The lowest BCUT2D eigenvalue weighted by atomic mass is 10.0. The monoisotopic (exact) mass is 393 g/mol. The van der Waals surface area contributed by atoms with Gasteiger partial charge >= 0.3 is 0 Å². The van der Waals surface area contributed by atoms with Gasteiger partial charge in [0, 0.05) is 49.8 Å². The summed E-state index contributed by atoms with van der Waals surface area (Å²) in [6.07, 6.45) is 2.51. The van der Waals surface area contributed by atoms with E-state index in [9.17, 15) is 4.39 Å². The lowest BCUT2D eigenvalue weighted by Crippen LogP contribution is -2.55. The highest BCUT2D eigenvalue weighted by Gasteiger charge is 2.28. The predicted octanol–water partition coefficient (Wildman–Crippen LogP) is 4.36. The molecular formula is C24H28FN3O. The number of likely N-dealkylation sites (tertiary alicyclic amines) is 1. The highest BCUT2D eigenvalue weighted by atomic mass is 19.1. The molecule has 2 saturated heterocycles. The van der Waals surface area contributed by atoms with Crippen molar-refractivity contribution in [2.45, 2.75) is 25.4 Å². The van der Waals surface area contributed by atoms with Crippen molar-refractivity contribution in [3.63, 3.8) is 0 Å². The first kappa shape index (κ1) is 18.6. The van der Waals surface area contributed by atoms with E-state index in [1.165, 1.54) is 18.2 Å². The maximum atomic E-state index is 13.2. The molecule has 2 aromatic carbocycles. The zero-order valence-corrected chi connectivity index (χ0v) is 16.8. The van der Waals surface area contributed by atoms with E-state index in [-0.39, 0.29) is 5.82 Å². The van der Waals surface area contributed by atoms with Crippen molar-refractivity contribution in [2.24, 2.45) is 0 Å². The van der Waals surface area contributed by atoms with E-state index in [0.29, 0.717) is 6.04 Å². The molecule has 0 saturated carbocycles. The quantitative estimate of drug-likeness (QED) is 0.657. The third kappa shape index (κ3) is 4.16. The Morgan fingerprint density at radius 3 is 2.52 bits per heavy atom. The fourth-order valence-electron chi connectivity index (χ4n) is 4.81. The molecule has 3 aromatic rings. The molecule has 1 aromatic heterocycles. The van der Waals surface area contributed by atoms with E-state index in [1.807, 2.05) is 24.3 Å². The molecule has 0 bridgehead atoms. The van der Waals surface area contributed by atoms with E-state index < -0.39 is 0 Å². The number of halogens is 1. The molecule has 2 aliphatic heterocycles. The Bertz CT molecular complexity index is 913. The van der Waals surface area contributed by atoms with Gasteiger partial charge in [-0.1, -0.05) is 18.2 Å². The minimum absolute atomic E-state index is 0.167. The first-order valence-corrected chi connectivity index (χ1v) is 10.7. The van der Waals surface area contributed by atoms with Gasteiger partial charge in [0.05, 0.1) is 6.54 Å². The highest BCUT2D eigenvalue weighted by molar-refractivity contribution is 5.77. The summed E-state index contributed by atoms with van der Waals surface area (Å²) in [5, 5.41) is 1.19. The van der Waals surface area contributed by atoms with Crippen LogP contribution in [-0.4, -0.2) is 55.1 Å². The van der Waals surface area contributed by atoms with Gasteiger partial charge < -0.3 is 9.32 Å². The number of hydrogen-bond donors (Lipinski definition) is 0. The second-order valence-electron chi connectivity index (χ2n) is 8.28. The predicted molar refractivity (Wildman–Crippen MR) is 115 cm³/mol. The van der Waals surface area contributed by atoms with Gasteiger partial charge in [0.2, 0.25) is 0 Å². The van der Waals surface area contributed by atoms with Gasteiger partial charge in [-0.15, -0.1) is 0 Å². The van der Waals surface area contributed by atoms with E-state index in [2.05, 4.69) is 32.9 Å². The van der Waals surface area contributed by atoms with E-state index in [1.54, 1.807) is 12.1 Å². The molecule has 0 amide bonds. The third-order valence-corrected chi connectivity index (χ3v) is 6.36. The summed E-state index contributed by atoms with van der Waals surface area (Å²) in [5.41, 5.74) is 2.11. The molecule has 5 rings (SSSR count). The Morgan fingerprint density at radius 2 is 1.72 bits per heavy atom. The average molecular weight is 394 g/mol. The van der Waals surface area contributed by atoms with Crippen LogP contribution in [0.1, 0.15) is 18.6 Å². The summed E-state index contributed by atoms with van der Waals surface area (Å²) in [5.74, 6) is 0.895. The van der Waals surface area contributed by atoms with Crippen LogP contribution >= 0.6 is 0 Å². The van der Waals surface area contributed by atoms with Gasteiger partial charge in [0.15, 0.2) is 0 Å².